The fraction of sp³-hybridized carbons (Fsp3) is 0.955. The van der Waals surface area contributed by atoms with Crippen molar-refractivity contribution in [2.45, 2.75) is 62.1 Å². The van der Waals surface area contributed by atoms with Gasteiger partial charge in [0.25, 0.3) is 0 Å². The Kier molecular flexibility index (Phi) is 3.64. The third-order valence-electron chi connectivity index (χ3n) is 10.2. The van der Waals surface area contributed by atoms with E-state index in [9.17, 15) is 10.2 Å². The van der Waals surface area contributed by atoms with Crippen molar-refractivity contribution in [3.63, 3.8) is 0 Å². The molecule has 0 aromatic carbocycles. The van der Waals surface area contributed by atoms with Crippen LogP contribution in [0, 0.1) is 40.4 Å². The number of hydrogen-bond donors (Lipinski definition) is 2. The number of rotatable bonds is 4. The molecule has 12 unspecified atom stereocenters. The summed E-state index contributed by atoms with van der Waals surface area (Å²) in [7, 11) is 5.34. The summed E-state index contributed by atoms with van der Waals surface area (Å²) < 4.78 is 17.7. The lowest BCUT2D eigenvalue weighted by Crippen LogP contribution is -2.70. The highest BCUT2D eigenvalue weighted by Crippen LogP contribution is 2.78. The number of methoxy groups -OCH3 is 3. The van der Waals surface area contributed by atoms with Crippen LogP contribution in [0.5, 0.6) is 0 Å². The van der Waals surface area contributed by atoms with E-state index < -0.39 is 11.7 Å². The third kappa shape index (κ3) is 1.71. The van der Waals surface area contributed by atoms with Crippen LogP contribution in [0.2, 0.25) is 0 Å². The van der Waals surface area contributed by atoms with Crippen molar-refractivity contribution in [1.29, 1.82) is 0 Å². The van der Waals surface area contributed by atoms with Gasteiger partial charge in [0.05, 0.1) is 36.6 Å². The molecule has 0 aromatic heterocycles. The first-order chi connectivity index (χ1) is 13.5. The summed E-state index contributed by atoms with van der Waals surface area (Å²) in [5, 5.41) is 23.4. The van der Waals surface area contributed by atoms with Crippen molar-refractivity contribution in [3.05, 3.63) is 0 Å². The van der Waals surface area contributed by atoms with Gasteiger partial charge in [-0.05, 0) is 37.5 Å². The molecule has 12 atom stereocenters. The number of fused-ring (bicyclic) bond motifs is 2. The van der Waals surface area contributed by atoms with Gasteiger partial charge in [0, 0.05) is 62.5 Å². The van der Waals surface area contributed by atoms with E-state index in [2.05, 4.69) is 6.21 Å². The smallest absolute Gasteiger partial charge is 0.0776 e. The van der Waals surface area contributed by atoms with E-state index in [-0.39, 0.29) is 52.8 Å². The van der Waals surface area contributed by atoms with Gasteiger partial charge in [-0.3, -0.25) is 4.99 Å². The molecule has 0 amide bonds. The second-order valence-corrected chi connectivity index (χ2v) is 10.5. The van der Waals surface area contributed by atoms with Crippen molar-refractivity contribution in [3.8, 4) is 0 Å². The highest BCUT2D eigenvalue weighted by molar-refractivity contribution is 5.70. The lowest BCUT2D eigenvalue weighted by Gasteiger charge is -2.64. The van der Waals surface area contributed by atoms with E-state index in [1.54, 1.807) is 14.2 Å². The van der Waals surface area contributed by atoms with Gasteiger partial charge in [-0.1, -0.05) is 0 Å². The molecule has 7 bridgehead atoms. The van der Waals surface area contributed by atoms with Crippen molar-refractivity contribution in [1.82, 2.24) is 0 Å². The Morgan fingerprint density at radius 1 is 1.14 bits per heavy atom. The van der Waals surface area contributed by atoms with Gasteiger partial charge >= 0.3 is 0 Å². The van der Waals surface area contributed by atoms with Crippen LogP contribution in [0.4, 0.5) is 0 Å². The van der Waals surface area contributed by atoms with Crippen LogP contribution >= 0.6 is 0 Å². The predicted molar refractivity (Wildman–Crippen MR) is 102 cm³/mol. The summed E-state index contributed by atoms with van der Waals surface area (Å²) in [6, 6.07) is 0.0838. The van der Waals surface area contributed by atoms with Gasteiger partial charge in [-0.15, -0.1) is 0 Å². The SMILES string of the molecule is COCC12C=NC3C4CC1C3(C(OC)CC2)C1CC2C(OC)CC4(O)C1C2O. The van der Waals surface area contributed by atoms with Gasteiger partial charge in [-0.25, -0.2) is 0 Å². The van der Waals surface area contributed by atoms with E-state index in [4.69, 9.17) is 19.2 Å². The van der Waals surface area contributed by atoms with Crippen LogP contribution in [-0.4, -0.2) is 74.3 Å². The molecular formula is C22H33NO5. The van der Waals surface area contributed by atoms with Gasteiger partial charge < -0.3 is 24.4 Å². The van der Waals surface area contributed by atoms with E-state index in [0.717, 1.165) is 25.7 Å². The van der Waals surface area contributed by atoms with Crippen molar-refractivity contribution in [2.75, 3.05) is 27.9 Å². The highest BCUT2D eigenvalue weighted by atomic mass is 16.5. The average molecular weight is 392 g/mol. The number of nitrogens with zero attached hydrogens (tertiary/aromatic N) is 1. The maximum absolute atomic E-state index is 12.1. The molecule has 28 heavy (non-hydrogen) atoms. The zero-order valence-electron chi connectivity index (χ0n) is 17.1. The average Bonchev–Trinajstić information content (AvgIpc) is 3.07. The fourth-order valence-electron chi connectivity index (χ4n) is 9.60. The summed E-state index contributed by atoms with van der Waals surface area (Å²) in [6.45, 7) is 0.682. The van der Waals surface area contributed by atoms with Crippen LogP contribution in [0.1, 0.15) is 32.1 Å². The predicted octanol–water partition coefficient (Wildman–Crippen LogP) is 1.28. The quantitative estimate of drug-likeness (QED) is 0.755. The summed E-state index contributed by atoms with van der Waals surface area (Å²) in [5.74, 6) is 0.716. The Bertz CT molecular complexity index is 715. The lowest BCUT2D eigenvalue weighted by atomic mass is 9.44. The van der Waals surface area contributed by atoms with E-state index >= 15 is 0 Å². The first-order valence-electron chi connectivity index (χ1n) is 11.0. The molecule has 156 valence electrons. The Hall–Kier alpha value is -0.530. The van der Waals surface area contributed by atoms with Crippen LogP contribution in [-0.2, 0) is 14.2 Å². The molecule has 1 spiro atoms. The summed E-state index contributed by atoms with van der Waals surface area (Å²) in [6.07, 6.45) is 6.26. The molecule has 5 aliphatic carbocycles. The molecule has 5 fully saturated rings. The van der Waals surface area contributed by atoms with Crippen molar-refractivity contribution in [2.24, 2.45) is 45.4 Å². The van der Waals surface area contributed by atoms with Gasteiger partial charge in [-0.2, -0.15) is 0 Å². The maximum Gasteiger partial charge on any atom is 0.0776 e. The molecule has 6 rings (SSSR count). The Morgan fingerprint density at radius 3 is 2.68 bits per heavy atom. The van der Waals surface area contributed by atoms with Gasteiger partial charge in [0.1, 0.15) is 0 Å². The monoisotopic (exact) mass is 391 g/mol. The summed E-state index contributed by atoms with van der Waals surface area (Å²) in [4.78, 5) is 5.17. The maximum atomic E-state index is 12.1. The zero-order chi connectivity index (χ0) is 19.5. The number of aliphatic imine (C=N–C) groups is 1. The first-order valence-corrected chi connectivity index (χ1v) is 11.0. The van der Waals surface area contributed by atoms with Crippen LogP contribution in [0.3, 0.4) is 0 Å². The standard InChI is InChI=1S/C22H33NO5/c1-26-10-20-5-4-16(28-3)22-12-6-11-14(27-2)8-21(25,17(12)18(11)24)13(7-15(20)22)19(22)23-9-20/h9,11-19,24-25H,4-8,10H2,1-3H3. The molecule has 6 heteroatoms. The zero-order valence-corrected chi connectivity index (χ0v) is 17.1. The molecule has 0 radical (unpaired) electrons. The Labute approximate surface area is 166 Å². The van der Waals surface area contributed by atoms with E-state index in [1.165, 1.54) is 0 Å². The summed E-state index contributed by atoms with van der Waals surface area (Å²) >= 11 is 0. The molecule has 0 saturated heterocycles. The molecule has 5 saturated carbocycles. The molecule has 6 aliphatic rings. The fourth-order valence-corrected chi connectivity index (χ4v) is 9.60. The molecule has 2 N–H and O–H groups in total. The van der Waals surface area contributed by atoms with E-state index in [0.29, 0.717) is 18.9 Å². The number of hydrogen-bond acceptors (Lipinski definition) is 6. The van der Waals surface area contributed by atoms with Crippen LogP contribution in [0.15, 0.2) is 4.99 Å². The molecule has 6 nitrogen and oxygen atoms in total. The van der Waals surface area contributed by atoms with Crippen molar-refractivity contribution >= 4 is 6.21 Å². The van der Waals surface area contributed by atoms with Crippen molar-refractivity contribution < 1.29 is 24.4 Å². The Balaban J connectivity index is 1.57. The van der Waals surface area contributed by atoms with Crippen LogP contribution in [0.25, 0.3) is 0 Å². The molecular weight excluding hydrogens is 358 g/mol. The van der Waals surface area contributed by atoms with E-state index in [1.807, 2.05) is 7.11 Å². The molecule has 1 aliphatic heterocycles. The second kappa shape index (κ2) is 5.58. The molecule has 1 heterocycles. The van der Waals surface area contributed by atoms with Crippen LogP contribution < -0.4 is 0 Å². The summed E-state index contributed by atoms with van der Waals surface area (Å²) in [5.41, 5.74) is -1.06. The first kappa shape index (κ1) is 18.3. The minimum atomic E-state index is -0.899. The number of aliphatic hydroxyl groups is 2. The largest absolute Gasteiger partial charge is 0.392 e. The number of ether oxygens (including phenoxy) is 3. The Morgan fingerprint density at radius 2 is 1.96 bits per heavy atom. The number of aliphatic hydroxyl groups excluding tert-OH is 1. The minimum Gasteiger partial charge on any atom is -0.392 e. The third-order valence-corrected chi connectivity index (χ3v) is 10.2. The van der Waals surface area contributed by atoms with Gasteiger partial charge in [0.2, 0.25) is 0 Å². The topological polar surface area (TPSA) is 80.5 Å². The van der Waals surface area contributed by atoms with Gasteiger partial charge in [0.15, 0.2) is 0 Å². The second-order valence-electron chi connectivity index (χ2n) is 10.5. The highest BCUT2D eigenvalue weighted by Gasteiger charge is 2.82. The minimum absolute atomic E-state index is 0.0618. The lowest BCUT2D eigenvalue weighted by molar-refractivity contribution is -0.231. The molecule has 0 aromatic rings. The normalized spacial score (nSPS) is 63.0.